The van der Waals surface area contributed by atoms with E-state index in [2.05, 4.69) is 10.2 Å². The van der Waals surface area contributed by atoms with Crippen molar-refractivity contribution in [2.24, 2.45) is 0 Å². The van der Waals surface area contributed by atoms with Crippen LogP contribution in [0.15, 0.2) is 53.5 Å². The first kappa shape index (κ1) is 19.9. The fraction of sp³-hybridized carbons (Fsp3) is 0.500. The average molecular weight is 394 g/mol. The molecular formula is C24H31N3O2. The molecule has 29 heavy (non-hydrogen) atoms. The normalized spacial score (nSPS) is 21.0. The van der Waals surface area contributed by atoms with Gasteiger partial charge < -0.3 is 9.88 Å². The minimum absolute atomic E-state index is 0.132. The van der Waals surface area contributed by atoms with Crippen LogP contribution < -0.4 is 10.9 Å². The van der Waals surface area contributed by atoms with Gasteiger partial charge in [0.15, 0.2) is 0 Å². The highest BCUT2D eigenvalue weighted by atomic mass is 16.2. The van der Waals surface area contributed by atoms with Crippen molar-refractivity contribution in [1.29, 1.82) is 0 Å². The quantitative estimate of drug-likeness (QED) is 0.792. The van der Waals surface area contributed by atoms with E-state index < -0.39 is 0 Å². The molecule has 2 aromatic rings. The molecule has 0 bridgehead atoms. The molecule has 154 valence electrons. The van der Waals surface area contributed by atoms with E-state index in [0.717, 1.165) is 25.1 Å². The maximum Gasteiger partial charge on any atom is 0.263 e. The highest BCUT2D eigenvalue weighted by Gasteiger charge is 2.30. The van der Waals surface area contributed by atoms with Gasteiger partial charge in [-0.05, 0) is 37.0 Å². The molecule has 4 rings (SSSR count). The van der Waals surface area contributed by atoms with Crippen molar-refractivity contribution in [3.05, 3.63) is 70.1 Å². The molecule has 0 radical (unpaired) electrons. The third kappa shape index (κ3) is 4.96. The minimum Gasteiger partial charge on any atom is -0.348 e. The van der Waals surface area contributed by atoms with Crippen LogP contribution in [0.3, 0.4) is 0 Å². The summed E-state index contributed by atoms with van der Waals surface area (Å²) in [7, 11) is 0. The Labute approximate surface area is 172 Å². The van der Waals surface area contributed by atoms with Crippen molar-refractivity contribution in [2.75, 3.05) is 13.1 Å². The van der Waals surface area contributed by atoms with E-state index in [-0.39, 0.29) is 23.1 Å². The number of pyridine rings is 1. The van der Waals surface area contributed by atoms with Crippen molar-refractivity contribution in [1.82, 2.24) is 14.8 Å². The molecule has 0 spiro atoms. The monoisotopic (exact) mass is 393 g/mol. The molecule has 1 aromatic heterocycles. The number of carbonyl (C=O) groups excluding carboxylic acids is 1. The van der Waals surface area contributed by atoms with E-state index in [1.807, 2.05) is 30.3 Å². The van der Waals surface area contributed by atoms with E-state index in [1.165, 1.54) is 38.5 Å². The molecule has 5 nitrogen and oxygen atoms in total. The van der Waals surface area contributed by atoms with Gasteiger partial charge in [-0.2, -0.15) is 0 Å². The van der Waals surface area contributed by atoms with Crippen LogP contribution in [0.1, 0.15) is 60.9 Å². The number of nitrogens with zero attached hydrogens (tertiary/aromatic N) is 2. The fourth-order valence-corrected chi connectivity index (χ4v) is 4.74. The summed E-state index contributed by atoms with van der Waals surface area (Å²) in [5.74, 6) is -0.245. The van der Waals surface area contributed by atoms with Crippen LogP contribution in [0.25, 0.3) is 0 Å². The van der Waals surface area contributed by atoms with Crippen LogP contribution in [0.2, 0.25) is 0 Å². The third-order valence-electron chi connectivity index (χ3n) is 6.36. The molecule has 5 heteroatoms. The summed E-state index contributed by atoms with van der Waals surface area (Å²) in [6.45, 7) is 2.42. The number of nitrogens with one attached hydrogen (secondary N) is 1. The molecule has 1 atom stereocenters. The zero-order valence-corrected chi connectivity index (χ0v) is 17.1. The topological polar surface area (TPSA) is 54.3 Å². The summed E-state index contributed by atoms with van der Waals surface area (Å²) in [5.41, 5.74) is 1.05. The summed E-state index contributed by atoms with van der Waals surface area (Å²) in [6, 6.07) is 14.1. The molecule has 1 saturated heterocycles. The second-order valence-electron chi connectivity index (χ2n) is 8.44. The standard InChI is InChI=1S/C24H31N3O2/c28-23(25-20-14-16-26(18-20)21-11-6-1-2-7-12-21)22-13-8-15-27(24(22)29)17-19-9-4-3-5-10-19/h3-5,8-10,13,15,20-21H,1-2,6-7,11-12,14,16-18H2,(H,25,28). The van der Waals surface area contributed by atoms with E-state index in [4.69, 9.17) is 0 Å². The molecule has 1 aromatic carbocycles. The Morgan fingerprint density at radius 1 is 0.966 bits per heavy atom. The van der Waals surface area contributed by atoms with Crippen LogP contribution in [-0.2, 0) is 6.54 Å². The molecule has 1 aliphatic carbocycles. The molecule has 1 unspecified atom stereocenters. The highest BCUT2D eigenvalue weighted by molar-refractivity contribution is 5.94. The van der Waals surface area contributed by atoms with Gasteiger partial charge >= 0.3 is 0 Å². The number of hydrogen-bond acceptors (Lipinski definition) is 3. The summed E-state index contributed by atoms with van der Waals surface area (Å²) >= 11 is 0. The Balaban J connectivity index is 1.39. The van der Waals surface area contributed by atoms with Gasteiger partial charge in [0.2, 0.25) is 0 Å². The lowest BCUT2D eigenvalue weighted by Crippen LogP contribution is -2.41. The first-order valence-corrected chi connectivity index (χ1v) is 11.0. The third-order valence-corrected chi connectivity index (χ3v) is 6.36. The molecule has 2 heterocycles. The van der Waals surface area contributed by atoms with Gasteiger partial charge in [-0.15, -0.1) is 0 Å². The minimum atomic E-state index is -0.245. The molecule has 2 aliphatic rings. The van der Waals surface area contributed by atoms with E-state index in [9.17, 15) is 9.59 Å². The van der Waals surface area contributed by atoms with Gasteiger partial charge in [0, 0.05) is 31.4 Å². The highest BCUT2D eigenvalue weighted by Crippen LogP contribution is 2.25. The zero-order chi connectivity index (χ0) is 20.1. The molecule has 1 aliphatic heterocycles. The van der Waals surface area contributed by atoms with Gasteiger partial charge in [0.05, 0.1) is 6.54 Å². The molecule has 1 N–H and O–H groups in total. The van der Waals surface area contributed by atoms with Crippen LogP contribution in [0, 0.1) is 0 Å². The van der Waals surface area contributed by atoms with Crippen LogP contribution in [0.5, 0.6) is 0 Å². The molecule has 1 amide bonds. The van der Waals surface area contributed by atoms with Crippen LogP contribution >= 0.6 is 0 Å². The molecule has 1 saturated carbocycles. The first-order valence-electron chi connectivity index (χ1n) is 11.0. The summed E-state index contributed by atoms with van der Waals surface area (Å²) < 4.78 is 1.61. The van der Waals surface area contributed by atoms with Crippen molar-refractivity contribution < 1.29 is 4.79 Å². The van der Waals surface area contributed by atoms with Gasteiger partial charge in [-0.25, -0.2) is 0 Å². The van der Waals surface area contributed by atoms with Crippen molar-refractivity contribution in [2.45, 2.75) is 63.6 Å². The van der Waals surface area contributed by atoms with Gasteiger partial charge in [0.1, 0.15) is 5.56 Å². The maximum atomic E-state index is 12.8. The second-order valence-corrected chi connectivity index (χ2v) is 8.44. The number of carbonyl (C=O) groups is 1. The first-order chi connectivity index (χ1) is 14.2. The number of rotatable bonds is 5. The van der Waals surface area contributed by atoms with Gasteiger partial charge in [-0.3, -0.25) is 14.5 Å². The smallest absolute Gasteiger partial charge is 0.263 e. The van der Waals surface area contributed by atoms with Gasteiger partial charge in [-0.1, -0.05) is 56.0 Å². The number of amides is 1. The Kier molecular flexibility index (Phi) is 6.45. The number of aromatic nitrogens is 1. The van der Waals surface area contributed by atoms with Crippen LogP contribution in [0.4, 0.5) is 0 Å². The van der Waals surface area contributed by atoms with Crippen molar-refractivity contribution in [3.8, 4) is 0 Å². The number of benzene rings is 1. The van der Waals surface area contributed by atoms with E-state index in [0.29, 0.717) is 12.6 Å². The molecule has 2 fully saturated rings. The van der Waals surface area contributed by atoms with Crippen LogP contribution in [-0.4, -0.2) is 40.5 Å². The largest absolute Gasteiger partial charge is 0.348 e. The van der Waals surface area contributed by atoms with Gasteiger partial charge in [0.25, 0.3) is 11.5 Å². The second kappa shape index (κ2) is 9.40. The average Bonchev–Trinajstić information content (AvgIpc) is 3.02. The Morgan fingerprint density at radius 2 is 1.72 bits per heavy atom. The molecular weight excluding hydrogens is 362 g/mol. The Hall–Kier alpha value is -2.40. The Bertz CT molecular complexity index is 869. The van der Waals surface area contributed by atoms with E-state index in [1.54, 1.807) is 22.9 Å². The fourth-order valence-electron chi connectivity index (χ4n) is 4.74. The summed E-state index contributed by atoms with van der Waals surface area (Å²) in [4.78, 5) is 28.2. The maximum absolute atomic E-state index is 12.8. The van der Waals surface area contributed by atoms with E-state index >= 15 is 0 Å². The number of hydrogen-bond donors (Lipinski definition) is 1. The zero-order valence-electron chi connectivity index (χ0n) is 17.1. The lowest BCUT2D eigenvalue weighted by Gasteiger charge is -2.26. The SMILES string of the molecule is O=C(NC1CCN(C2CCCCCC2)C1)c1cccn(Cc2ccccc2)c1=O. The van der Waals surface area contributed by atoms with Crippen molar-refractivity contribution in [3.63, 3.8) is 0 Å². The predicted molar refractivity (Wildman–Crippen MR) is 115 cm³/mol. The predicted octanol–water partition coefficient (Wildman–Crippen LogP) is 3.42. The summed E-state index contributed by atoms with van der Waals surface area (Å²) in [6.07, 6.45) is 10.6. The summed E-state index contributed by atoms with van der Waals surface area (Å²) in [5, 5.41) is 3.12. The van der Waals surface area contributed by atoms with Crippen molar-refractivity contribution >= 4 is 5.91 Å². The lowest BCUT2D eigenvalue weighted by molar-refractivity contribution is 0.0933. The Morgan fingerprint density at radius 3 is 2.48 bits per heavy atom. The number of likely N-dealkylation sites (tertiary alicyclic amines) is 1. The lowest BCUT2D eigenvalue weighted by atomic mass is 10.1.